The molecule has 0 saturated carbocycles. The first-order valence-electron chi connectivity index (χ1n) is 10.5. The van der Waals surface area contributed by atoms with Crippen LogP contribution < -0.4 is 14.8 Å². The fourth-order valence-electron chi connectivity index (χ4n) is 4.00. The number of hydrogen-bond donors (Lipinski definition) is 1. The van der Waals surface area contributed by atoms with E-state index in [2.05, 4.69) is 12.2 Å². The van der Waals surface area contributed by atoms with Gasteiger partial charge in [-0.2, -0.15) is 0 Å². The van der Waals surface area contributed by atoms with E-state index >= 15 is 0 Å². The van der Waals surface area contributed by atoms with Gasteiger partial charge in [-0.1, -0.05) is 43.1 Å². The minimum Gasteiger partial charge on any atom is -0.497 e. The number of methoxy groups -OCH3 is 2. The molecule has 0 bridgehead atoms. The molecule has 166 valence electrons. The highest BCUT2D eigenvalue weighted by atomic mass is 35.5. The molecule has 2 atom stereocenters. The van der Waals surface area contributed by atoms with E-state index in [0.29, 0.717) is 41.7 Å². The van der Waals surface area contributed by atoms with E-state index in [4.69, 9.17) is 21.1 Å². The summed E-state index contributed by atoms with van der Waals surface area (Å²) in [5, 5.41) is 3.43. The fraction of sp³-hybridized carbons (Fsp3) is 0.417. The first-order valence-corrected chi connectivity index (χ1v) is 10.9. The summed E-state index contributed by atoms with van der Waals surface area (Å²) in [6, 6.07) is 12.6. The van der Waals surface area contributed by atoms with E-state index in [-0.39, 0.29) is 23.7 Å². The number of hydrogen-bond acceptors (Lipinski definition) is 4. The van der Waals surface area contributed by atoms with Crippen LogP contribution in [0.2, 0.25) is 5.02 Å². The van der Waals surface area contributed by atoms with Crippen molar-refractivity contribution in [1.29, 1.82) is 0 Å². The molecule has 3 rings (SSSR count). The number of carbonyl (C=O) groups is 2. The Bertz CT molecular complexity index is 934. The molecule has 1 heterocycles. The molecule has 0 aromatic heterocycles. The van der Waals surface area contributed by atoms with Crippen LogP contribution in [0.5, 0.6) is 11.5 Å². The number of nitrogens with zero attached hydrogens (tertiary/aromatic N) is 1. The van der Waals surface area contributed by atoms with Crippen molar-refractivity contribution in [2.75, 3.05) is 33.9 Å². The Balaban J connectivity index is 1.92. The molecular formula is C24H29ClN2O4. The minimum atomic E-state index is -0.384. The Morgan fingerprint density at radius 1 is 1.13 bits per heavy atom. The molecule has 0 spiro atoms. The number of rotatable bonds is 8. The van der Waals surface area contributed by atoms with Crippen LogP contribution in [0.15, 0.2) is 42.5 Å². The van der Waals surface area contributed by atoms with Crippen LogP contribution in [0.1, 0.15) is 41.6 Å². The molecule has 1 aliphatic heterocycles. The average Bonchev–Trinajstić information content (AvgIpc) is 3.24. The SMILES string of the molecule is CCCCNC(=O)[C@@H]1CN(C(=O)c2ccccc2Cl)C[C@@H]1c1ccc(OC)cc1OC. The van der Waals surface area contributed by atoms with Gasteiger partial charge in [0.2, 0.25) is 5.91 Å². The third-order valence-corrected chi connectivity index (χ3v) is 6.05. The van der Waals surface area contributed by atoms with E-state index in [1.807, 2.05) is 12.1 Å². The number of amides is 2. The Labute approximate surface area is 188 Å². The van der Waals surface area contributed by atoms with Gasteiger partial charge >= 0.3 is 0 Å². The van der Waals surface area contributed by atoms with Gasteiger partial charge in [-0.05, 0) is 24.6 Å². The van der Waals surface area contributed by atoms with E-state index in [1.165, 1.54) is 0 Å². The zero-order valence-electron chi connectivity index (χ0n) is 18.2. The molecule has 1 aliphatic rings. The van der Waals surface area contributed by atoms with Crippen molar-refractivity contribution in [2.24, 2.45) is 5.92 Å². The normalized spacial score (nSPS) is 18.0. The second-order valence-corrected chi connectivity index (χ2v) is 8.06. The second kappa shape index (κ2) is 10.5. The van der Waals surface area contributed by atoms with Crippen molar-refractivity contribution >= 4 is 23.4 Å². The molecule has 0 radical (unpaired) electrons. The maximum atomic E-state index is 13.2. The monoisotopic (exact) mass is 444 g/mol. The summed E-state index contributed by atoms with van der Waals surface area (Å²) in [5.74, 6) is 0.506. The fourth-order valence-corrected chi connectivity index (χ4v) is 4.22. The van der Waals surface area contributed by atoms with Gasteiger partial charge in [0.15, 0.2) is 0 Å². The molecule has 7 heteroatoms. The summed E-state index contributed by atoms with van der Waals surface area (Å²) in [6.45, 7) is 3.42. The van der Waals surface area contributed by atoms with Crippen molar-refractivity contribution in [3.05, 3.63) is 58.6 Å². The van der Waals surface area contributed by atoms with Gasteiger partial charge in [-0.25, -0.2) is 0 Å². The van der Waals surface area contributed by atoms with E-state index < -0.39 is 0 Å². The quantitative estimate of drug-likeness (QED) is 0.621. The zero-order chi connectivity index (χ0) is 22.4. The van der Waals surface area contributed by atoms with E-state index in [1.54, 1.807) is 49.5 Å². The van der Waals surface area contributed by atoms with Crippen LogP contribution in [-0.2, 0) is 4.79 Å². The summed E-state index contributed by atoms with van der Waals surface area (Å²) in [5.41, 5.74) is 1.32. The van der Waals surface area contributed by atoms with Gasteiger partial charge in [0, 0.05) is 37.2 Å². The number of likely N-dealkylation sites (tertiary alicyclic amines) is 1. The first kappa shape index (κ1) is 22.9. The average molecular weight is 445 g/mol. The Morgan fingerprint density at radius 3 is 2.58 bits per heavy atom. The van der Waals surface area contributed by atoms with Gasteiger partial charge < -0.3 is 19.7 Å². The maximum Gasteiger partial charge on any atom is 0.255 e. The molecule has 6 nitrogen and oxygen atoms in total. The van der Waals surface area contributed by atoms with Crippen LogP contribution in [0, 0.1) is 5.92 Å². The Morgan fingerprint density at radius 2 is 1.90 bits per heavy atom. The summed E-state index contributed by atoms with van der Waals surface area (Å²) >= 11 is 6.25. The van der Waals surface area contributed by atoms with Gasteiger partial charge in [0.1, 0.15) is 11.5 Å². The standard InChI is InChI=1S/C24H29ClN2O4/c1-4-5-12-26-23(28)20-15-27(24(29)18-8-6-7-9-21(18)25)14-19(20)17-11-10-16(30-2)13-22(17)31-3/h6-11,13,19-20H,4-5,12,14-15H2,1-3H3,(H,26,28)/t19-,20-/m1/s1. The van der Waals surface area contributed by atoms with Crippen molar-refractivity contribution in [3.8, 4) is 11.5 Å². The van der Waals surface area contributed by atoms with E-state index in [9.17, 15) is 9.59 Å². The summed E-state index contributed by atoms with van der Waals surface area (Å²) < 4.78 is 10.9. The number of unbranched alkanes of at least 4 members (excludes halogenated alkanes) is 1. The predicted octanol–water partition coefficient (Wildman–Crippen LogP) is 4.13. The third kappa shape index (κ3) is 5.13. The number of benzene rings is 2. The lowest BCUT2D eigenvalue weighted by Crippen LogP contribution is -2.36. The van der Waals surface area contributed by atoms with Crippen molar-refractivity contribution in [1.82, 2.24) is 10.2 Å². The highest BCUT2D eigenvalue weighted by Crippen LogP contribution is 2.40. The first-order chi connectivity index (χ1) is 15.0. The molecule has 1 saturated heterocycles. The molecule has 1 N–H and O–H groups in total. The third-order valence-electron chi connectivity index (χ3n) is 5.72. The lowest BCUT2D eigenvalue weighted by molar-refractivity contribution is -0.124. The Kier molecular flexibility index (Phi) is 7.80. The maximum absolute atomic E-state index is 13.2. The molecule has 0 aliphatic carbocycles. The number of carbonyl (C=O) groups excluding carboxylic acids is 2. The lowest BCUT2D eigenvalue weighted by Gasteiger charge is -2.21. The highest BCUT2D eigenvalue weighted by molar-refractivity contribution is 6.33. The molecule has 1 fully saturated rings. The summed E-state index contributed by atoms with van der Waals surface area (Å²) in [6.07, 6.45) is 1.91. The highest BCUT2D eigenvalue weighted by Gasteiger charge is 2.42. The smallest absolute Gasteiger partial charge is 0.255 e. The second-order valence-electron chi connectivity index (χ2n) is 7.66. The molecule has 2 aromatic rings. The minimum absolute atomic E-state index is 0.0502. The zero-order valence-corrected chi connectivity index (χ0v) is 18.9. The van der Waals surface area contributed by atoms with Crippen LogP contribution in [0.25, 0.3) is 0 Å². The lowest BCUT2D eigenvalue weighted by atomic mass is 9.87. The van der Waals surface area contributed by atoms with Gasteiger partial charge in [0.25, 0.3) is 5.91 Å². The van der Waals surface area contributed by atoms with Crippen molar-refractivity contribution in [3.63, 3.8) is 0 Å². The number of nitrogens with one attached hydrogen (secondary N) is 1. The largest absolute Gasteiger partial charge is 0.497 e. The van der Waals surface area contributed by atoms with Crippen LogP contribution in [0.3, 0.4) is 0 Å². The van der Waals surface area contributed by atoms with Crippen LogP contribution in [-0.4, -0.2) is 50.6 Å². The molecule has 0 unspecified atom stereocenters. The molecule has 31 heavy (non-hydrogen) atoms. The van der Waals surface area contributed by atoms with Crippen LogP contribution in [0.4, 0.5) is 0 Å². The van der Waals surface area contributed by atoms with Crippen LogP contribution >= 0.6 is 11.6 Å². The molecule has 2 amide bonds. The number of ether oxygens (including phenoxy) is 2. The van der Waals surface area contributed by atoms with Gasteiger partial charge in [-0.15, -0.1) is 0 Å². The van der Waals surface area contributed by atoms with Crippen molar-refractivity contribution in [2.45, 2.75) is 25.7 Å². The topological polar surface area (TPSA) is 67.9 Å². The molecular weight excluding hydrogens is 416 g/mol. The number of halogens is 1. The van der Waals surface area contributed by atoms with Crippen molar-refractivity contribution < 1.29 is 19.1 Å². The van der Waals surface area contributed by atoms with E-state index in [0.717, 1.165) is 18.4 Å². The summed E-state index contributed by atoms with van der Waals surface area (Å²) in [7, 11) is 3.19. The predicted molar refractivity (Wildman–Crippen MR) is 121 cm³/mol. The van der Waals surface area contributed by atoms with Gasteiger partial charge in [-0.3, -0.25) is 9.59 Å². The summed E-state index contributed by atoms with van der Waals surface area (Å²) in [4.78, 5) is 28.0. The Hall–Kier alpha value is -2.73. The van der Waals surface area contributed by atoms with Gasteiger partial charge in [0.05, 0.1) is 30.7 Å². The molecule has 2 aromatic carbocycles.